The Balaban J connectivity index is 1.19. The maximum Gasteiger partial charge on any atom is 0.302 e. The van der Waals surface area contributed by atoms with Gasteiger partial charge in [-0.05, 0) is 40.3 Å². The van der Waals surface area contributed by atoms with Crippen LogP contribution in [0.25, 0.3) is 0 Å². The molecule has 2 heterocycles. The van der Waals surface area contributed by atoms with Gasteiger partial charge in [0.25, 0.3) is 0 Å². The molecule has 0 radical (unpaired) electrons. The lowest BCUT2D eigenvalue weighted by molar-refractivity contribution is -0.381. The Bertz CT molecular complexity index is 2310. The van der Waals surface area contributed by atoms with E-state index in [0.29, 0.717) is 6.61 Å². The van der Waals surface area contributed by atoms with E-state index in [1.165, 1.54) is 6.92 Å². The number of hydrogen-bond acceptors (Lipinski definition) is 11. The average molecular weight is 909 g/mol. The Morgan fingerprint density at radius 1 is 0.388 bits per heavy atom. The molecule has 6 aromatic carbocycles. The van der Waals surface area contributed by atoms with Gasteiger partial charge in [0.2, 0.25) is 0 Å². The minimum Gasteiger partial charge on any atom is -0.463 e. The summed E-state index contributed by atoms with van der Waals surface area (Å²) >= 11 is 0. The summed E-state index contributed by atoms with van der Waals surface area (Å²) in [7, 11) is 0. The molecule has 8 rings (SSSR count). The second kappa shape index (κ2) is 25.0. The molecule has 6 aromatic rings. The molecule has 0 aliphatic carbocycles. The lowest BCUT2D eigenvalue weighted by Crippen LogP contribution is -2.65. The fraction of sp³-hybridized carbons (Fsp3) is 0.339. The third-order valence-electron chi connectivity index (χ3n) is 11.7. The van der Waals surface area contributed by atoms with E-state index in [2.05, 4.69) is 0 Å². The first kappa shape index (κ1) is 47.9. The lowest BCUT2D eigenvalue weighted by Gasteiger charge is -2.49. The second-order valence-corrected chi connectivity index (χ2v) is 16.8. The van der Waals surface area contributed by atoms with Gasteiger partial charge in [0.05, 0.1) is 45.7 Å². The SMILES string of the molecule is CC(=O)OC[C@H]1O[C@H](O[C@H]2C(OCc3ccccc3)O[C@@H](C)[C@H](OCc3ccccc3)[C@H]2OCc2ccccc2)[C@H](OCc2ccccc2)[C@@H](OCc2ccccc2)[C@@H]1OCc1ccccc1. The van der Waals surface area contributed by atoms with Crippen molar-refractivity contribution in [1.82, 2.24) is 0 Å². The van der Waals surface area contributed by atoms with Crippen LogP contribution in [0.2, 0.25) is 0 Å². The van der Waals surface area contributed by atoms with Crippen LogP contribution in [0, 0.1) is 0 Å². The van der Waals surface area contributed by atoms with E-state index in [1.807, 2.05) is 189 Å². The number of rotatable bonds is 22. The first-order valence-corrected chi connectivity index (χ1v) is 23.0. The fourth-order valence-corrected chi connectivity index (χ4v) is 8.30. The van der Waals surface area contributed by atoms with Crippen LogP contribution in [-0.4, -0.2) is 74.0 Å². The van der Waals surface area contributed by atoms with Crippen LogP contribution in [0.1, 0.15) is 47.2 Å². The van der Waals surface area contributed by atoms with E-state index in [1.54, 1.807) is 0 Å². The van der Waals surface area contributed by atoms with Crippen molar-refractivity contribution >= 4 is 5.97 Å². The van der Waals surface area contributed by atoms with E-state index in [-0.39, 0.29) is 39.6 Å². The molecule has 350 valence electrons. The summed E-state index contributed by atoms with van der Waals surface area (Å²) in [5.74, 6) is -0.469. The normalized spacial score (nSPS) is 25.0. The summed E-state index contributed by atoms with van der Waals surface area (Å²) in [6.45, 7) is 4.61. The Morgan fingerprint density at radius 3 is 1.10 bits per heavy atom. The molecule has 10 atom stereocenters. The third-order valence-corrected chi connectivity index (χ3v) is 11.7. The molecule has 0 N–H and O–H groups in total. The van der Waals surface area contributed by atoms with Gasteiger partial charge in [-0.2, -0.15) is 0 Å². The third kappa shape index (κ3) is 14.0. The molecular weight excluding hydrogens is 849 g/mol. The number of esters is 1. The van der Waals surface area contributed by atoms with E-state index < -0.39 is 67.4 Å². The molecule has 0 amide bonds. The van der Waals surface area contributed by atoms with Crippen LogP contribution in [0.3, 0.4) is 0 Å². The van der Waals surface area contributed by atoms with E-state index in [9.17, 15) is 4.79 Å². The first-order valence-electron chi connectivity index (χ1n) is 23.0. The Morgan fingerprint density at radius 2 is 0.716 bits per heavy atom. The summed E-state index contributed by atoms with van der Waals surface area (Å²) in [6.07, 6.45) is -8.33. The highest BCUT2D eigenvalue weighted by molar-refractivity contribution is 5.65. The zero-order chi connectivity index (χ0) is 46.0. The number of hydrogen-bond donors (Lipinski definition) is 0. The van der Waals surface area contributed by atoms with Crippen molar-refractivity contribution in [1.29, 1.82) is 0 Å². The van der Waals surface area contributed by atoms with Gasteiger partial charge >= 0.3 is 5.97 Å². The summed E-state index contributed by atoms with van der Waals surface area (Å²) in [5, 5.41) is 0. The predicted octanol–water partition coefficient (Wildman–Crippen LogP) is 9.55. The van der Waals surface area contributed by atoms with Crippen molar-refractivity contribution in [2.75, 3.05) is 6.61 Å². The summed E-state index contributed by atoms with van der Waals surface area (Å²) in [4.78, 5) is 12.5. The molecule has 67 heavy (non-hydrogen) atoms. The van der Waals surface area contributed by atoms with Crippen LogP contribution in [0.5, 0.6) is 0 Å². The molecular formula is C56H60O11. The quantitative estimate of drug-likeness (QED) is 0.0608. The molecule has 2 aliphatic heterocycles. The summed E-state index contributed by atoms with van der Waals surface area (Å²) < 4.78 is 67.9. The molecule has 0 spiro atoms. The molecule has 2 fully saturated rings. The van der Waals surface area contributed by atoms with Crippen molar-refractivity contribution in [2.24, 2.45) is 0 Å². The molecule has 11 heteroatoms. The molecule has 2 aliphatic rings. The zero-order valence-corrected chi connectivity index (χ0v) is 38.0. The summed E-state index contributed by atoms with van der Waals surface area (Å²) in [5.41, 5.74) is 5.75. The fourth-order valence-electron chi connectivity index (χ4n) is 8.30. The largest absolute Gasteiger partial charge is 0.463 e. The number of carbonyl (C=O) groups excluding carboxylic acids is 1. The second-order valence-electron chi connectivity index (χ2n) is 16.8. The maximum absolute atomic E-state index is 12.5. The highest BCUT2D eigenvalue weighted by atomic mass is 16.8. The maximum atomic E-state index is 12.5. The highest BCUT2D eigenvalue weighted by Gasteiger charge is 2.54. The van der Waals surface area contributed by atoms with Gasteiger partial charge < -0.3 is 47.4 Å². The predicted molar refractivity (Wildman–Crippen MR) is 251 cm³/mol. The van der Waals surface area contributed by atoms with Gasteiger partial charge in [-0.15, -0.1) is 0 Å². The van der Waals surface area contributed by atoms with Crippen LogP contribution < -0.4 is 0 Å². The van der Waals surface area contributed by atoms with Crippen LogP contribution >= 0.6 is 0 Å². The number of carbonyl (C=O) groups is 1. The molecule has 1 unspecified atom stereocenters. The van der Waals surface area contributed by atoms with E-state index in [0.717, 1.165) is 33.4 Å². The van der Waals surface area contributed by atoms with Crippen molar-refractivity contribution in [3.8, 4) is 0 Å². The molecule has 0 saturated carbocycles. The van der Waals surface area contributed by atoms with Gasteiger partial charge in [0.15, 0.2) is 12.6 Å². The topological polar surface area (TPSA) is 109 Å². The zero-order valence-electron chi connectivity index (χ0n) is 38.0. The molecule has 11 nitrogen and oxygen atoms in total. The van der Waals surface area contributed by atoms with Crippen molar-refractivity contribution < 1.29 is 52.2 Å². The van der Waals surface area contributed by atoms with Gasteiger partial charge in [-0.3, -0.25) is 4.79 Å². The number of benzene rings is 6. The van der Waals surface area contributed by atoms with E-state index >= 15 is 0 Å². The first-order chi connectivity index (χ1) is 33.0. The van der Waals surface area contributed by atoms with Crippen molar-refractivity contribution in [3.05, 3.63) is 215 Å². The Hall–Kier alpha value is -5.57. The van der Waals surface area contributed by atoms with Gasteiger partial charge in [-0.1, -0.05) is 182 Å². The monoisotopic (exact) mass is 908 g/mol. The standard InChI is InChI=1S/C56H60O11/c1-40-49(59-33-42-21-9-3-10-22-42)51(61-35-44-25-13-5-14-26-44)54(55(65-40)64-38-47-31-19-8-20-32-47)67-56-53(63-37-46-29-17-7-18-30-46)52(62-36-45-27-15-6-16-28-45)50(48(66-56)39-58-41(2)57)60-34-43-23-11-4-12-24-43/h3-32,40,48-56H,33-39H2,1-2H3/t40-,48+,49-,50+,51+,52-,53+,54+,55?,56+/m0/s1. The van der Waals surface area contributed by atoms with E-state index in [4.69, 9.17) is 47.4 Å². The average Bonchev–Trinajstić information content (AvgIpc) is 3.37. The molecule has 2 saturated heterocycles. The molecule has 0 aromatic heterocycles. The van der Waals surface area contributed by atoms with Crippen LogP contribution in [-0.2, 0) is 91.8 Å². The van der Waals surface area contributed by atoms with Gasteiger partial charge in [-0.25, -0.2) is 0 Å². The number of ether oxygens (including phenoxy) is 10. The highest BCUT2D eigenvalue weighted by Crippen LogP contribution is 2.37. The van der Waals surface area contributed by atoms with Crippen LogP contribution in [0.4, 0.5) is 0 Å². The Kier molecular flexibility index (Phi) is 17.9. The minimum atomic E-state index is -1.16. The van der Waals surface area contributed by atoms with Crippen molar-refractivity contribution in [3.63, 3.8) is 0 Å². The van der Waals surface area contributed by atoms with Crippen LogP contribution in [0.15, 0.2) is 182 Å². The minimum absolute atomic E-state index is 0.145. The van der Waals surface area contributed by atoms with Crippen molar-refractivity contribution in [2.45, 2.75) is 115 Å². The Labute approximate surface area is 393 Å². The smallest absolute Gasteiger partial charge is 0.302 e. The summed E-state index contributed by atoms with van der Waals surface area (Å²) in [6, 6.07) is 59.5. The lowest BCUT2D eigenvalue weighted by atomic mass is 9.96. The molecule has 0 bridgehead atoms. The van der Waals surface area contributed by atoms with Gasteiger partial charge in [0, 0.05) is 6.92 Å². The van der Waals surface area contributed by atoms with Gasteiger partial charge in [0.1, 0.15) is 49.3 Å².